The number of hydrogen-bond donors (Lipinski definition) is 2. The number of carbonyl (C=O) groups is 1. The maximum absolute atomic E-state index is 14.2. The number of aromatic nitrogens is 3. The van der Waals surface area contributed by atoms with E-state index in [1.807, 2.05) is 0 Å². The summed E-state index contributed by atoms with van der Waals surface area (Å²) in [6.45, 7) is 0.312. The third-order valence-electron chi connectivity index (χ3n) is 4.55. The van der Waals surface area contributed by atoms with Crippen molar-refractivity contribution in [3.05, 3.63) is 46.9 Å². The molecule has 6 nitrogen and oxygen atoms in total. The second-order valence-corrected chi connectivity index (χ2v) is 8.48. The maximum atomic E-state index is 14.2. The minimum absolute atomic E-state index is 0.215. The van der Waals surface area contributed by atoms with Gasteiger partial charge in [0, 0.05) is 18.2 Å². The van der Waals surface area contributed by atoms with E-state index in [4.69, 9.17) is 5.73 Å². The highest BCUT2D eigenvalue weighted by molar-refractivity contribution is 7.24. The predicted molar refractivity (Wildman–Crippen MR) is 100 cm³/mol. The number of primary amides is 1. The van der Waals surface area contributed by atoms with Gasteiger partial charge in [0.15, 0.2) is 5.01 Å². The largest absolute Gasteiger partial charge is 0.365 e. The zero-order valence-electron chi connectivity index (χ0n) is 14.0. The molecule has 3 aromatic rings. The Morgan fingerprint density at radius 1 is 1.30 bits per heavy atom. The lowest BCUT2D eigenvalue weighted by Gasteiger charge is -2.43. The molecule has 1 amide bonds. The number of amides is 1. The Hall–Kier alpha value is -2.46. The summed E-state index contributed by atoms with van der Waals surface area (Å²) >= 11 is 2.55. The molecule has 0 aromatic carbocycles. The number of halogens is 2. The molecule has 0 unspecified atom stereocenters. The summed E-state index contributed by atoms with van der Waals surface area (Å²) in [5.41, 5.74) is 4.85. The fraction of sp³-hybridized carbons (Fsp3) is 0.294. The fourth-order valence-corrected chi connectivity index (χ4v) is 4.86. The minimum Gasteiger partial charge on any atom is -0.365 e. The molecule has 10 heteroatoms. The van der Waals surface area contributed by atoms with Gasteiger partial charge in [0.05, 0.1) is 15.4 Å². The zero-order chi connectivity index (χ0) is 19.0. The van der Waals surface area contributed by atoms with Crippen molar-refractivity contribution in [3.8, 4) is 9.88 Å². The van der Waals surface area contributed by atoms with Crippen LogP contribution in [0.2, 0.25) is 0 Å². The average Bonchev–Trinajstić information content (AvgIpc) is 3.27. The van der Waals surface area contributed by atoms with E-state index < -0.39 is 23.3 Å². The molecule has 0 atom stereocenters. The molecule has 140 valence electrons. The first-order chi connectivity index (χ1) is 13.0. The predicted octanol–water partition coefficient (Wildman–Crippen LogP) is 3.38. The Labute approximate surface area is 161 Å². The second kappa shape index (κ2) is 6.93. The van der Waals surface area contributed by atoms with Gasteiger partial charge in [0.2, 0.25) is 5.13 Å². The first-order valence-corrected chi connectivity index (χ1v) is 9.83. The molecule has 1 aliphatic carbocycles. The Balaban J connectivity index is 1.50. The summed E-state index contributed by atoms with van der Waals surface area (Å²) in [5, 5.41) is 12.5. The first-order valence-electron chi connectivity index (χ1n) is 8.19. The van der Waals surface area contributed by atoms with E-state index in [2.05, 4.69) is 20.5 Å². The summed E-state index contributed by atoms with van der Waals surface area (Å²) in [6.07, 6.45) is 0.984. The molecular formula is C17H15F2N5OS2. The molecule has 0 radical (unpaired) electrons. The lowest BCUT2D eigenvalue weighted by Crippen LogP contribution is -2.48. The van der Waals surface area contributed by atoms with E-state index in [1.54, 1.807) is 12.1 Å². The highest BCUT2D eigenvalue weighted by Crippen LogP contribution is 2.46. The van der Waals surface area contributed by atoms with E-state index in [0.29, 0.717) is 21.6 Å². The summed E-state index contributed by atoms with van der Waals surface area (Å²) < 4.78 is 27.8. The van der Waals surface area contributed by atoms with Gasteiger partial charge in [-0.25, -0.2) is 8.78 Å². The van der Waals surface area contributed by atoms with Gasteiger partial charge >= 0.3 is 0 Å². The smallest absolute Gasteiger partial charge is 0.258 e. The maximum Gasteiger partial charge on any atom is 0.258 e. The number of thiophene rings is 1. The van der Waals surface area contributed by atoms with Crippen molar-refractivity contribution >= 4 is 33.7 Å². The summed E-state index contributed by atoms with van der Waals surface area (Å²) in [4.78, 5) is 16.6. The van der Waals surface area contributed by atoms with Crippen LogP contribution in [0.4, 0.5) is 13.9 Å². The van der Waals surface area contributed by atoms with Gasteiger partial charge in [0.25, 0.3) is 5.91 Å². The molecule has 0 bridgehead atoms. The molecule has 1 saturated carbocycles. The van der Waals surface area contributed by atoms with Crippen LogP contribution in [0.15, 0.2) is 30.5 Å². The Kier molecular flexibility index (Phi) is 4.60. The van der Waals surface area contributed by atoms with Crippen molar-refractivity contribution in [3.63, 3.8) is 0 Å². The molecule has 27 heavy (non-hydrogen) atoms. The molecule has 4 rings (SSSR count). The standard InChI is InChI=1S/C17H15F2N5OS2/c18-9-6-17(7-9,13-10(19)2-1-5-21-13)8-22-16-24-23-15(27-16)12-4-3-11(26-12)14(20)25/h1-5,9H,6-8H2,(H2,20,25)(H,22,24)/t9-,17-. The van der Waals surface area contributed by atoms with Crippen molar-refractivity contribution in [1.29, 1.82) is 0 Å². The van der Waals surface area contributed by atoms with Crippen molar-refractivity contribution in [2.45, 2.75) is 24.4 Å². The van der Waals surface area contributed by atoms with Crippen molar-refractivity contribution in [2.24, 2.45) is 5.73 Å². The van der Waals surface area contributed by atoms with E-state index in [0.717, 1.165) is 4.88 Å². The molecule has 0 aliphatic heterocycles. The number of rotatable bonds is 6. The fourth-order valence-electron chi connectivity index (χ4n) is 3.21. The van der Waals surface area contributed by atoms with E-state index >= 15 is 0 Å². The first kappa shape index (κ1) is 17.9. The van der Waals surface area contributed by atoms with Crippen LogP contribution in [0, 0.1) is 5.82 Å². The number of nitrogens with two attached hydrogens (primary N) is 1. The zero-order valence-corrected chi connectivity index (χ0v) is 15.6. The monoisotopic (exact) mass is 407 g/mol. The minimum atomic E-state index is -0.962. The highest BCUT2D eigenvalue weighted by Gasteiger charge is 2.48. The number of nitrogens with one attached hydrogen (secondary N) is 1. The molecule has 3 N–H and O–H groups in total. The topological polar surface area (TPSA) is 93.8 Å². The van der Waals surface area contributed by atoms with Crippen LogP contribution in [0.25, 0.3) is 9.88 Å². The van der Waals surface area contributed by atoms with Gasteiger partial charge in [-0.3, -0.25) is 9.78 Å². The SMILES string of the molecule is NC(=O)c1ccc(-c2nnc(NC[C@]3(c4ncccc4F)C[C@H](F)C3)s2)s1. The molecule has 3 heterocycles. The molecule has 1 fully saturated rings. The van der Waals surface area contributed by atoms with Crippen LogP contribution < -0.4 is 11.1 Å². The Morgan fingerprint density at radius 3 is 2.78 bits per heavy atom. The van der Waals surface area contributed by atoms with Crippen molar-refractivity contribution < 1.29 is 13.6 Å². The number of pyridine rings is 1. The third-order valence-corrected chi connectivity index (χ3v) is 6.70. The molecule has 1 aliphatic rings. The molecule has 3 aromatic heterocycles. The van der Waals surface area contributed by atoms with Crippen LogP contribution in [0.3, 0.4) is 0 Å². The van der Waals surface area contributed by atoms with Gasteiger partial charge < -0.3 is 11.1 Å². The van der Waals surface area contributed by atoms with Gasteiger partial charge in [-0.15, -0.1) is 21.5 Å². The number of alkyl halides is 1. The third kappa shape index (κ3) is 3.42. The molecule has 0 spiro atoms. The normalized spacial score (nSPS) is 21.6. The van der Waals surface area contributed by atoms with Gasteiger partial charge in [-0.1, -0.05) is 11.3 Å². The summed E-state index contributed by atoms with van der Waals surface area (Å²) in [5.74, 6) is -0.916. The number of hydrogen-bond acceptors (Lipinski definition) is 7. The number of carbonyl (C=O) groups excluding carboxylic acids is 1. The lowest BCUT2D eigenvalue weighted by atomic mass is 9.65. The van der Waals surface area contributed by atoms with E-state index in [9.17, 15) is 13.6 Å². The quantitative estimate of drug-likeness (QED) is 0.653. The van der Waals surface area contributed by atoms with Gasteiger partial charge in [0.1, 0.15) is 12.0 Å². The lowest BCUT2D eigenvalue weighted by molar-refractivity contribution is 0.0964. The van der Waals surface area contributed by atoms with E-state index in [1.165, 1.54) is 41.0 Å². The van der Waals surface area contributed by atoms with Gasteiger partial charge in [-0.05, 0) is 37.1 Å². The highest BCUT2D eigenvalue weighted by atomic mass is 32.1. The summed E-state index contributed by atoms with van der Waals surface area (Å²) in [7, 11) is 0. The van der Waals surface area contributed by atoms with Crippen molar-refractivity contribution in [1.82, 2.24) is 15.2 Å². The van der Waals surface area contributed by atoms with Crippen LogP contribution >= 0.6 is 22.7 Å². The van der Waals surface area contributed by atoms with Crippen LogP contribution in [-0.4, -0.2) is 33.8 Å². The van der Waals surface area contributed by atoms with E-state index in [-0.39, 0.29) is 18.5 Å². The van der Waals surface area contributed by atoms with Gasteiger partial charge in [-0.2, -0.15) is 0 Å². The van der Waals surface area contributed by atoms with Crippen molar-refractivity contribution in [2.75, 3.05) is 11.9 Å². The van der Waals surface area contributed by atoms with Crippen LogP contribution in [0.5, 0.6) is 0 Å². The number of anilines is 1. The second-order valence-electron chi connectivity index (χ2n) is 6.41. The average molecular weight is 407 g/mol. The Morgan fingerprint density at radius 2 is 2.11 bits per heavy atom. The Bertz CT molecular complexity index is 983. The summed E-state index contributed by atoms with van der Waals surface area (Å²) in [6, 6.07) is 6.26. The molecule has 0 saturated heterocycles. The molecular weight excluding hydrogens is 392 g/mol. The van der Waals surface area contributed by atoms with Crippen LogP contribution in [0.1, 0.15) is 28.2 Å². The number of nitrogens with zero attached hydrogens (tertiary/aromatic N) is 3. The van der Waals surface area contributed by atoms with Crippen LogP contribution in [-0.2, 0) is 5.41 Å².